The number of hydrogen-bond acceptors (Lipinski definition) is 5. The van der Waals surface area contributed by atoms with Crippen molar-refractivity contribution < 1.29 is 9.47 Å². The monoisotopic (exact) mass is 501 g/mol. The number of pyridine rings is 1. The number of benzene rings is 1. The first-order valence-electron chi connectivity index (χ1n) is 9.23. The molecule has 0 unspecified atom stereocenters. The first kappa shape index (κ1) is 24.4. The SMILES string of the molecule is CN=C(NCCCOCCOC)NCc1cc(N(C)C)nc2ccccc12.I. The van der Waals surface area contributed by atoms with Crippen molar-refractivity contribution in [3.8, 4) is 0 Å². The maximum Gasteiger partial charge on any atom is 0.191 e. The number of methoxy groups -OCH3 is 1. The standard InChI is InChI=1S/C20H31N5O2.HI/c1-21-20(22-10-7-11-27-13-12-26-4)23-15-16-14-19(25(2)3)24-18-9-6-5-8-17(16)18;/h5-6,8-9,14H,7,10-13,15H2,1-4H3,(H2,21,22,23);1H. The zero-order valence-corrected chi connectivity index (χ0v) is 19.5. The molecule has 0 atom stereocenters. The molecular formula is C20H32IN5O2. The molecule has 1 aromatic carbocycles. The summed E-state index contributed by atoms with van der Waals surface area (Å²) < 4.78 is 10.4. The second-order valence-electron chi connectivity index (χ2n) is 6.36. The van der Waals surface area contributed by atoms with Crippen molar-refractivity contribution in [2.45, 2.75) is 13.0 Å². The lowest BCUT2D eigenvalue weighted by atomic mass is 10.1. The molecule has 0 aliphatic rings. The molecule has 8 heteroatoms. The number of ether oxygens (including phenoxy) is 2. The molecule has 0 bridgehead atoms. The average molecular weight is 501 g/mol. The summed E-state index contributed by atoms with van der Waals surface area (Å²) in [5, 5.41) is 7.86. The third-order valence-corrected chi connectivity index (χ3v) is 4.11. The quantitative estimate of drug-likeness (QED) is 0.226. The highest BCUT2D eigenvalue weighted by molar-refractivity contribution is 14.0. The third-order valence-electron chi connectivity index (χ3n) is 4.11. The minimum absolute atomic E-state index is 0. The van der Waals surface area contributed by atoms with Crippen LogP contribution >= 0.6 is 24.0 Å². The van der Waals surface area contributed by atoms with Crippen LogP contribution in [0.4, 0.5) is 5.82 Å². The van der Waals surface area contributed by atoms with Crippen LogP contribution in [0.1, 0.15) is 12.0 Å². The van der Waals surface area contributed by atoms with Gasteiger partial charge in [-0.05, 0) is 24.1 Å². The van der Waals surface area contributed by atoms with E-state index in [2.05, 4.69) is 27.8 Å². The zero-order valence-electron chi connectivity index (χ0n) is 17.2. The van der Waals surface area contributed by atoms with E-state index >= 15 is 0 Å². The third kappa shape index (κ3) is 7.76. The summed E-state index contributed by atoms with van der Waals surface area (Å²) in [5.41, 5.74) is 2.19. The summed E-state index contributed by atoms with van der Waals surface area (Å²) >= 11 is 0. The average Bonchev–Trinajstić information content (AvgIpc) is 2.69. The molecule has 2 N–H and O–H groups in total. The van der Waals surface area contributed by atoms with Gasteiger partial charge >= 0.3 is 0 Å². The molecule has 0 fully saturated rings. The van der Waals surface area contributed by atoms with E-state index in [0.29, 0.717) is 26.4 Å². The van der Waals surface area contributed by atoms with E-state index in [9.17, 15) is 0 Å². The van der Waals surface area contributed by atoms with Crippen LogP contribution in [-0.2, 0) is 16.0 Å². The summed E-state index contributed by atoms with van der Waals surface area (Å²) in [7, 11) is 7.46. The van der Waals surface area contributed by atoms with Crippen LogP contribution in [0.5, 0.6) is 0 Å². The molecule has 0 radical (unpaired) electrons. The lowest BCUT2D eigenvalue weighted by Crippen LogP contribution is -2.37. The molecular weight excluding hydrogens is 469 g/mol. The Morgan fingerprint density at radius 1 is 1.14 bits per heavy atom. The molecule has 0 saturated carbocycles. The predicted molar refractivity (Wildman–Crippen MR) is 127 cm³/mol. The van der Waals surface area contributed by atoms with E-state index in [-0.39, 0.29) is 24.0 Å². The number of halogens is 1. The van der Waals surface area contributed by atoms with Gasteiger partial charge in [0.25, 0.3) is 0 Å². The van der Waals surface area contributed by atoms with Gasteiger partial charge < -0.3 is 25.0 Å². The van der Waals surface area contributed by atoms with Crippen LogP contribution in [0.15, 0.2) is 35.3 Å². The van der Waals surface area contributed by atoms with Crippen LogP contribution in [0.3, 0.4) is 0 Å². The topological polar surface area (TPSA) is 71.0 Å². The number of aromatic nitrogens is 1. The van der Waals surface area contributed by atoms with Gasteiger partial charge in [-0.15, -0.1) is 24.0 Å². The molecule has 0 aliphatic heterocycles. The normalized spacial score (nSPS) is 11.2. The molecule has 2 rings (SSSR count). The highest BCUT2D eigenvalue weighted by atomic mass is 127. The first-order valence-corrected chi connectivity index (χ1v) is 9.23. The van der Waals surface area contributed by atoms with Gasteiger partial charge in [-0.25, -0.2) is 4.98 Å². The summed E-state index contributed by atoms with van der Waals surface area (Å²) in [6, 6.07) is 10.3. The van der Waals surface area contributed by atoms with E-state index in [0.717, 1.165) is 35.6 Å². The zero-order chi connectivity index (χ0) is 19.5. The second-order valence-corrected chi connectivity index (χ2v) is 6.36. The summed E-state index contributed by atoms with van der Waals surface area (Å²) in [6.45, 7) is 3.44. The smallest absolute Gasteiger partial charge is 0.191 e. The molecule has 0 saturated heterocycles. The molecule has 7 nitrogen and oxygen atoms in total. The minimum atomic E-state index is 0. The van der Waals surface area contributed by atoms with E-state index in [4.69, 9.17) is 14.5 Å². The van der Waals surface area contributed by atoms with Gasteiger partial charge in [-0.3, -0.25) is 4.99 Å². The van der Waals surface area contributed by atoms with E-state index in [1.54, 1.807) is 14.2 Å². The number of anilines is 1. The number of rotatable bonds is 10. The van der Waals surface area contributed by atoms with Crippen LogP contribution in [0.2, 0.25) is 0 Å². The van der Waals surface area contributed by atoms with E-state index in [1.807, 2.05) is 37.2 Å². The fourth-order valence-corrected chi connectivity index (χ4v) is 2.63. The molecule has 0 amide bonds. The Labute approximate surface area is 184 Å². The number of fused-ring (bicyclic) bond motifs is 1. The lowest BCUT2D eigenvalue weighted by molar-refractivity contribution is 0.0698. The van der Waals surface area contributed by atoms with Gasteiger partial charge in [0.1, 0.15) is 5.82 Å². The Bertz CT molecular complexity index is 740. The Morgan fingerprint density at radius 3 is 2.64 bits per heavy atom. The number of hydrogen-bond donors (Lipinski definition) is 2. The lowest BCUT2D eigenvalue weighted by Gasteiger charge is -2.17. The second kappa shape index (κ2) is 13.5. The fourth-order valence-electron chi connectivity index (χ4n) is 2.63. The number of guanidine groups is 1. The molecule has 0 aliphatic carbocycles. The van der Waals surface area contributed by atoms with Crippen LogP contribution in [-0.4, -0.2) is 65.6 Å². The molecule has 156 valence electrons. The van der Waals surface area contributed by atoms with Crippen molar-refractivity contribution >= 4 is 46.7 Å². The molecule has 0 spiro atoms. The van der Waals surface area contributed by atoms with Crippen LogP contribution in [0.25, 0.3) is 10.9 Å². The van der Waals surface area contributed by atoms with Crippen molar-refractivity contribution in [3.63, 3.8) is 0 Å². The van der Waals surface area contributed by atoms with E-state index in [1.165, 1.54) is 5.56 Å². The van der Waals surface area contributed by atoms with Gasteiger partial charge in [0.2, 0.25) is 0 Å². The molecule has 28 heavy (non-hydrogen) atoms. The molecule has 1 heterocycles. The highest BCUT2D eigenvalue weighted by Gasteiger charge is 2.08. The largest absolute Gasteiger partial charge is 0.382 e. The van der Waals surface area contributed by atoms with Gasteiger partial charge in [-0.2, -0.15) is 0 Å². The van der Waals surface area contributed by atoms with Gasteiger partial charge in [-0.1, -0.05) is 18.2 Å². The number of para-hydroxylation sites is 1. The maximum absolute atomic E-state index is 5.47. The minimum Gasteiger partial charge on any atom is -0.382 e. The fraction of sp³-hybridized carbons (Fsp3) is 0.500. The molecule has 1 aromatic heterocycles. The van der Waals surface area contributed by atoms with Crippen LogP contribution < -0.4 is 15.5 Å². The Morgan fingerprint density at radius 2 is 1.93 bits per heavy atom. The maximum atomic E-state index is 5.47. The number of nitrogens with zero attached hydrogens (tertiary/aromatic N) is 3. The number of aliphatic imine (C=N–C) groups is 1. The number of nitrogens with one attached hydrogen (secondary N) is 2. The van der Waals surface area contributed by atoms with Crippen molar-refractivity contribution in [2.24, 2.45) is 4.99 Å². The van der Waals surface area contributed by atoms with Crippen molar-refractivity contribution in [3.05, 3.63) is 35.9 Å². The van der Waals surface area contributed by atoms with Crippen molar-refractivity contribution in [1.29, 1.82) is 0 Å². The van der Waals surface area contributed by atoms with Gasteiger partial charge in [0.15, 0.2) is 5.96 Å². The Balaban J connectivity index is 0.00000392. The summed E-state index contributed by atoms with van der Waals surface area (Å²) in [4.78, 5) is 11.0. The van der Waals surface area contributed by atoms with Gasteiger partial charge in [0, 0.05) is 53.3 Å². The first-order chi connectivity index (χ1) is 13.2. The highest BCUT2D eigenvalue weighted by Crippen LogP contribution is 2.21. The summed E-state index contributed by atoms with van der Waals surface area (Å²) in [5.74, 6) is 1.72. The van der Waals surface area contributed by atoms with Gasteiger partial charge in [0.05, 0.1) is 18.7 Å². The Kier molecular flexibility index (Phi) is 11.8. The van der Waals surface area contributed by atoms with Crippen LogP contribution in [0, 0.1) is 0 Å². The van der Waals surface area contributed by atoms with Crippen molar-refractivity contribution in [1.82, 2.24) is 15.6 Å². The van der Waals surface area contributed by atoms with E-state index < -0.39 is 0 Å². The summed E-state index contributed by atoms with van der Waals surface area (Å²) in [6.07, 6.45) is 0.910. The van der Waals surface area contributed by atoms with Crippen molar-refractivity contribution in [2.75, 3.05) is 59.5 Å². The Hall–Kier alpha value is -1.65. The predicted octanol–water partition coefficient (Wildman–Crippen LogP) is 2.64. The molecule has 2 aromatic rings.